The average molecular weight is 411 g/mol. The third-order valence-electron chi connectivity index (χ3n) is 5.29. The largest absolute Gasteiger partial charge is 0.368 e. The number of para-hydroxylation sites is 1. The lowest BCUT2D eigenvalue weighted by atomic mass is 10.1. The van der Waals surface area contributed by atoms with Crippen molar-refractivity contribution in [2.45, 2.75) is 19.3 Å². The molecule has 1 amide bonds. The first-order valence-electron chi connectivity index (χ1n) is 9.86. The van der Waals surface area contributed by atoms with Gasteiger partial charge in [0.15, 0.2) is 0 Å². The molecule has 0 aliphatic carbocycles. The fourth-order valence-corrected chi connectivity index (χ4v) is 3.81. The summed E-state index contributed by atoms with van der Waals surface area (Å²) in [4.78, 5) is 36.2. The number of anilines is 1. The first-order chi connectivity index (χ1) is 14.1. The first-order valence-corrected chi connectivity index (χ1v) is 10.2. The van der Waals surface area contributed by atoms with Crippen LogP contribution in [0.4, 0.5) is 5.69 Å². The third kappa shape index (κ3) is 4.59. The van der Waals surface area contributed by atoms with Crippen LogP contribution in [0.5, 0.6) is 0 Å². The minimum absolute atomic E-state index is 0.129. The van der Waals surface area contributed by atoms with E-state index in [0.717, 1.165) is 23.8 Å². The van der Waals surface area contributed by atoms with E-state index >= 15 is 0 Å². The molecule has 0 atom stereocenters. The number of hydrogen-bond donors (Lipinski definition) is 1. The van der Waals surface area contributed by atoms with Crippen LogP contribution in [0.15, 0.2) is 53.3 Å². The Labute approximate surface area is 174 Å². The molecular weight excluding hydrogens is 388 g/mol. The molecule has 0 unspecified atom stereocenters. The van der Waals surface area contributed by atoms with Gasteiger partial charge in [-0.25, -0.2) is 4.98 Å². The van der Waals surface area contributed by atoms with Crippen molar-refractivity contribution in [2.75, 3.05) is 31.1 Å². The molecule has 1 aromatic heterocycles. The molecular formula is C22H23ClN4O2. The number of H-pyrrole nitrogens is 1. The van der Waals surface area contributed by atoms with Crippen LogP contribution in [0.25, 0.3) is 10.9 Å². The number of aromatic amines is 1. The lowest BCUT2D eigenvalue weighted by molar-refractivity contribution is -0.131. The van der Waals surface area contributed by atoms with Gasteiger partial charge < -0.3 is 14.8 Å². The number of carbonyl (C=O) groups is 1. The maximum absolute atomic E-state index is 12.6. The van der Waals surface area contributed by atoms with Gasteiger partial charge in [-0.05, 0) is 42.8 Å². The predicted octanol–water partition coefficient (Wildman–Crippen LogP) is 3.25. The summed E-state index contributed by atoms with van der Waals surface area (Å²) in [6, 6.07) is 15.1. The van der Waals surface area contributed by atoms with Crippen LogP contribution in [0.1, 0.15) is 18.7 Å². The van der Waals surface area contributed by atoms with E-state index in [4.69, 9.17) is 11.6 Å². The van der Waals surface area contributed by atoms with Gasteiger partial charge >= 0.3 is 0 Å². The summed E-state index contributed by atoms with van der Waals surface area (Å²) in [5.41, 5.74) is 1.69. The number of fused-ring (bicyclic) bond motifs is 1. The number of carbonyl (C=O) groups excluding carboxylic acids is 1. The number of benzene rings is 2. The summed E-state index contributed by atoms with van der Waals surface area (Å²) in [7, 11) is 0. The van der Waals surface area contributed by atoms with Crippen molar-refractivity contribution in [3.8, 4) is 0 Å². The molecule has 4 rings (SSSR count). The monoisotopic (exact) mass is 410 g/mol. The van der Waals surface area contributed by atoms with Gasteiger partial charge in [-0.1, -0.05) is 23.7 Å². The highest BCUT2D eigenvalue weighted by atomic mass is 35.5. The van der Waals surface area contributed by atoms with E-state index in [0.29, 0.717) is 49.1 Å². The van der Waals surface area contributed by atoms with Crippen molar-refractivity contribution >= 4 is 34.1 Å². The summed E-state index contributed by atoms with van der Waals surface area (Å²) in [5.74, 6) is 0.790. The van der Waals surface area contributed by atoms with E-state index in [1.807, 2.05) is 47.4 Å². The number of nitrogens with zero attached hydrogens (tertiary/aromatic N) is 3. The predicted molar refractivity (Wildman–Crippen MR) is 116 cm³/mol. The van der Waals surface area contributed by atoms with E-state index in [1.165, 1.54) is 0 Å². The number of amides is 1. The van der Waals surface area contributed by atoms with Crippen molar-refractivity contribution in [2.24, 2.45) is 0 Å². The maximum atomic E-state index is 12.6. The van der Waals surface area contributed by atoms with E-state index < -0.39 is 0 Å². The van der Waals surface area contributed by atoms with Crippen LogP contribution in [-0.2, 0) is 11.2 Å². The molecule has 2 aromatic carbocycles. The molecule has 7 heteroatoms. The van der Waals surface area contributed by atoms with Crippen LogP contribution in [-0.4, -0.2) is 47.0 Å². The smallest absolute Gasteiger partial charge is 0.258 e. The maximum Gasteiger partial charge on any atom is 0.258 e. The molecule has 1 N–H and O–H groups in total. The van der Waals surface area contributed by atoms with Crippen LogP contribution in [0.3, 0.4) is 0 Å². The van der Waals surface area contributed by atoms with Gasteiger partial charge in [0.2, 0.25) is 5.91 Å². The Bertz CT molecular complexity index is 1060. The second-order valence-electron chi connectivity index (χ2n) is 7.23. The molecule has 0 radical (unpaired) electrons. The molecule has 1 saturated heterocycles. The lowest BCUT2D eigenvalue weighted by Gasteiger charge is -2.36. The molecule has 1 aliphatic heterocycles. The molecule has 0 saturated carbocycles. The van der Waals surface area contributed by atoms with Crippen LogP contribution in [0.2, 0.25) is 5.02 Å². The number of piperazine rings is 1. The Balaban J connectivity index is 1.27. The topological polar surface area (TPSA) is 69.3 Å². The zero-order valence-corrected chi connectivity index (χ0v) is 16.9. The van der Waals surface area contributed by atoms with Gasteiger partial charge in [0.1, 0.15) is 5.82 Å². The Hall–Kier alpha value is -2.86. The first kappa shape index (κ1) is 19.5. The summed E-state index contributed by atoms with van der Waals surface area (Å²) < 4.78 is 0. The number of aryl methyl sites for hydroxylation is 1. The minimum atomic E-state index is -0.129. The molecule has 1 aliphatic rings. The Morgan fingerprint density at radius 1 is 1.03 bits per heavy atom. The second-order valence-corrected chi connectivity index (χ2v) is 7.66. The number of aromatic nitrogens is 2. The molecule has 0 bridgehead atoms. The van der Waals surface area contributed by atoms with Crippen molar-refractivity contribution < 1.29 is 4.79 Å². The average Bonchev–Trinajstić information content (AvgIpc) is 2.74. The quantitative estimate of drug-likeness (QED) is 0.701. The minimum Gasteiger partial charge on any atom is -0.368 e. The van der Waals surface area contributed by atoms with Gasteiger partial charge in [-0.3, -0.25) is 9.59 Å². The van der Waals surface area contributed by atoms with Crippen molar-refractivity contribution in [1.29, 1.82) is 0 Å². The van der Waals surface area contributed by atoms with Crippen molar-refractivity contribution in [1.82, 2.24) is 14.9 Å². The van der Waals surface area contributed by atoms with Crippen LogP contribution < -0.4 is 10.5 Å². The van der Waals surface area contributed by atoms with Gasteiger partial charge in [0.05, 0.1) is 10.9 Å². The highest BCUT2D eigenvalue weighted by molar-refractivity contribution is 6.30. The lowest BCUT2D eigenvalue weighted by Crippen LogP contribution is -2.48. The van der Waals surface area contributed by atoms with Crippen LogP contribution >= 0.6 is 11.6 Å². The van der Waals surface area contributed by atoms with Crippen molar-refractivity contribution in [3.05, 3.63) is 69.7 Å². The van der Waals surface area contributed by atoms with E-state index in [2.05, 4.69) is 14.9 Å². The summed E-state index contributed by atoms with van der Waals surface area (Å²) in [6.45, 7) is 3.05. The summed E-state index contributed by atoms with van der Waals surface area (Å²) in [5, 5.41) is 1.32. The third-order valence-corrected chi connectivity index (χ3v) is 5.54. The number of hydrogen-bond acceptors (Lipinski definition) is 4. The zero-order chi connectivity index (χ0) is 20.2. The SMILES string of the molecule is O=C(CCCc1nc2ccccc2c(=O)[nH]1)N1CCN(c2ccc(Cl)cc2)CC1. The molecule has 150 valence electrons. The zero-order valence-electron chi connectivity index (χ0n) is 16.1. The molecule has 6 nitrogen and oxygen atoms in total. The number of rotatable bonds is 5. The molecule has 2 heterocycles. The standard InChI is InChI=1S/C22H23ClN4O2/c23-16-8-10-17(11-9-16)26-12-14-27(15-13-26)21(28)7-3-6-20-24-19-5-2-1-4-18(19)22(29)25-20/h1-2,4-5,8-11H,3,6-7,12-15H2,(H,24,25,29). The van der Waals surface area contributed by atoms with Gasteiger partial charge in [0, 0.05) is 49.7 Å². The van der Waals surface area contributed by atoms with Crippen LogP contribution in [0, 0.1) is 0 Å². The Morgan fingerprint density at radius 2 is 1.76 bits per heavy atom. The van der Waals surface area contributed by atoms with Gasteiger partial charge in [0.25, 0.3) is 5.56 Å². The highest BCUT2D eigenvalue weighted by Gasteiger charge is 2.21. The van der Waals surface area contributed by atoms with Gasteiger partial charge in [-0.2, -0.15) is 0 Å². The molecule has 3 aromatic rings. The Morgan fingerprint density at radius 3 is 2.52 bits per heavy atom. The van der Waals surface area contributed by atoms with Crippen molar-refractivity contribution in [3.63, 3.8) is 0 Å². The van der Waals surface area contributed by atoms with E-state index in [9.17, 15) is 9.59 Å². The Kier molecular flexibility index (Phi) is 5.81. The number of nitrogens with one attached hydrogen (secondary N) is 1. The molecule has 29 heavy (non-hydrogen) atoms. The molecule has 0 spiro atoms. The second kappa shape index (κ2) is 8.66. The fraction of sp³-hybridized carbons (Fsp3) is 0.318. The summed E-state index contributed by atoms with van der Waals surface area (Å²) >= 11 is 5.95. The van der Waals surface area contributed by atoms with E-state index in [-0.39, 0.29) is 11.5 Å². The van der Waals surface area contributed by atoms with Gasteiger partial charge in [-0.15, -0.1) is 0 Å². The highest BCUT2D eigenvalue weighted by Crippen LogP contribution is 2.19. The molecule has 1 fully saturated rings. The number of halogens is 1. The normalized spacial score (nSPS) is 14.4. The summed E-state index contributed by atoms with van der Waals surface area (Å²) in [6.07, 6.45) is 1.70. The fourth-order valence-electron chi connectivity index (χ4n) is 3.68. The van der Waals surface area contributed by atoms with E-state index in [1.54, 1.807) is 6.07 Å².